The van der Waals surface area contributed by atoms with Crippen molar-refractivity contribution in [2.75, 3.05) is 33.3 Å². The number of rotatable bonds is 9. The molecule has 0 saturated carbocycles. The van der Waals surface area contributed by atoms with E-state index in [1.54, 1.807) is 55.5 Å². The number of methoxy groups -OCH3 is 3. The Hall–Kier alpha value is -4.70. The summed E-state index contributed by atoms with van der Waals surface area (Å²) in [5.74, 6) is 1.00. The molecule has 0 fully saturated rings. The maximum absolute atomic E-state index is 13.8. The Labute approximate surface area is 233 Å². The highest BCUT2D eigenvalue weighted by atomic mass is 35.5. The van der Waals surface area contributed by atoms with E-state index in [0.717, 1.165) is 0 Å². The van der Waals surface area contributed by atoms with Crippen LogP contribution in [0.4, 0.5) is 5.69 Å². The van der Waals surface area contributed by atoms with Gasteiger partial charge in [-0.05, 0) is 36.8 Å². The molecule has 10 nitrogen and oxygen atoms in total. The lowest BCUT2D eigenvalue weighted by molar-refractivity contribution is -0.115. The molecule has 2 aromatic heterocycles. The second-order valence-electron chi connectivity index (χ2n) is 8.71. The number of hydrogen-bond acceptors (Lipinski definition) is 8. The van der Waals surface area contributed by atoms with Gasteiger partial charge in [-0.1, -0.05) is 35.0 Å². The van der Waals surface area contributed by atoms with Gasteiger partial charge in [0.2, 0.25) is 11.7 Å². The molecule has 0 aliphatic rings. The summed E-state index contributed by atoms with van der Waals surface area (Å²) >= 11 is 6.56. The van der Waals surface area contributed by atoms with Crippen molar-refractivity contribution in [3.63, 3.8) is 0 Å². The van der Waals surface area contributed by atoms with Gasteiger partial charge >= 0.3 is 5.95 Å². The highest BCUT2D eigenvalue weighted by Crippen LogP contribution is 2.40. The van der Waals surface area contributed by atoms with E-state index >= 15 is 0 Å². The monoisotopic (exact) mass is 563 g/mol. The van der Waals surface area contributed by atoms with Crippen LogP contribution in [0.3, 0.4) is 0 Å². The number of hydrogen-bond donors (Lipinski definition) is 1. The predicted molar refractivity (Wildman–Crippen MR) is 152 cm³/mol. The molecule has 2 heterocycles. The molecule has 0 unspecified atom stereocenters. The van der Waals surface area contributed by atoms with Gasteiger partial charge in [-0.25, -0.2) is 0 Å². The van der Waals surface area contributed by atoms with Crippen LogP contribution in [0.5, 0.6) is 23.2 Å². The number of carbonyl (C=O) groups is 1. The fourth-order valence-electron chi connectivity index (χ4n) is 4.62. The number of fused-ring (bicyclic) bond motifs is 3. The van der Waals surface area contributed by atoms with Crippen molar-refractivity contribution in [3.05, 3.63) is 75.5 Å². The number of benzene rings is 3. The summed E-state index contributed by atoms with van der Waals surface area (Å²) in [7, 11) is 4.51. The lowest BCUT2D eigenvalue weighted by atomic mass is 10.1. The van der Waals surface area contributed by atoms with Gasteiger partial charge in [0.05, 0.1) is 44.9 Å². The third-order valence-corrected chi connectivity index (χ3v) is 6.62. The van der Waals surface area contributed by atoms with Crippen molar-refractivity contribution in [1.82, 2.24) is 9.72 Å². The number of nitrogens with zero attached hydrogens (tertiary/aromatic N) is 2. The summed E-state index contributed by atoms with van der Waals surface area (Å²) in [4.78, 5) is 26.8. The number of carbonyl (C=O) groups excluding carboxylic acids is 1. The standard InChI is InChI=1S/C29H26ClN3O7/c1-5-39-29-25-26(32-40-29)24-19(30)10-7-11-20(24)33(28(25)35)18-9-6-8-16(12-18)13-23(34)31-17-14-21(36-2)27(38-4)22(15-17)37-3/h6-12,14-15H,5,13H2,1-4H3,(H,31,34). The molecule has 5 aromatic rings. The van der Waals surface area contributed by atoms with Gasteiger partial charge < -0.3 is 28.8 Å². The van der Waals surface area contributed by atoms with E-state index in [9.17, 15) is 9.59 Å². The molecule has 0 atom stereocenters. The van der Waals surface area contributed by atoms with Gasteiger partial charge in [-0.3, -0.25) is 14.2 Å². The lowest BCUT2D eigenvalue weighted by Gasteiger charge is -2.15. The predicted octanol–water partition coefficient (Wildman–Crippen LogP) is 5.39. The molecule has 40 heavy (non-hydrogen) atoms. The molecule has 3 aromatic carbocycles. The second-order valence-corrected chi connectivity index (χ2v) is 9.12. The van der Waals surface area contributed by atoms with Crippen LogP contribution in [0, 0.1) is 0 Å². The van der Waals surface area contributed by atoms with E-state index in [1.807, 2.05) is 6.07 Å². The first-order chi connectivity index (χ1) is 19.4. The minimum absolute atomic E-state index is 0.0268. The SMILES string of the molecule is CCOc1onc2c1c(=O)n(-c1cccc(CC(=O)Nc3cc(OC)c(OC)c(OC)c3)c1)c1cccc(Cl)c21. The maximum atomic E-state index is 13.8. The number of nitrogens with one attached hydrogen (secondary N) is 1. The molecule has 0 saturated heterocycles. The minimum Gasteiger partial charge on any atom is -0.493 e. The van der Waals surface area contributed by atoms with Gasteiger partial charge in [-0.15, -0.1) is 0 Å². The molecule has 1 N–H and O–H groups in total. The molecule has 0 aliphatic carbocycles. The van der Waals surface area contributed by atoms with Crippen molar-refractivity contribution in [2.45, 2.75) is 13.3 Å². The van der Waals surface area contributed by atoms with Crippen molar-refractivity contribution in [3.8, 4) is 28.9 Å². The molecule has 206 valence electrons. The van der Waals surface area contributed by atoms with Gasteiger partial charge in [-0.2, -0.15) is 0 Å². The number of amides is 1. The van der Waals surface area contributed by atoms with Gasteiger partial charge in [0, 0.05) is 28.9 Å². The quantitative estimate of drug-likeness (QED) is 0.254. The summed E-state index contributed by atoms with van der Waals surface area (Å²) in [5, 5.41) is 8.09. The highest BCUT2D eigenvalue weighted by molar-refractivity contribution is 6.37. The molecule has 11 heteroatoms. The van der Waals surface area contributed by atoms with Gasteiger partial charge in [0.15, 0.2) is 16.9 Å². The summed E-state index contributed by atoms with van der Waals surface area (Å²) in [6, 6.07) is 15.7. The third kappa shape index (κ3) is 4.77. The van der Waals surface area contributed by atoms with E-state index in [-0.39, 0.29) is 29.2 Å². The van der Waals surface area contributed by atoms with Crippen LogP contribution in [-0.4, -0.2) is 43.6 Å². The first-order valence-electron chi connectivity index (χ1n) is 12.3. The maximum Gasteiger partial charge on any atom is 0.324 e. The van der Waals surface area contributed by atoms with Crippen molar-refractivity contribution < 1.29 is 28.3 Å². The topological polar surface area (TPSA) is 114 Å². The second kappa shape index (κ2) is 11.2. The molecular formula is C29H26ClN3O7. The molecule has 0 bridgehead atoms. The van der Waals surface area contributed by atoms with Crippen LogP contribution >= 0.6 is 11.6 Å². The molecule has 1 amide bonds. The Kier molecular flexibility index (Phi) is 7.52. The molecule has 0 radical (unpaired) electrons. The minimum atomic E-state index is -0.381. The molecule has 0 spiro atoms. The third-order valence-electron chi connectivity index (χ3n) is 6.30. The number of aromatic nitrogens is 2. The van der Waals surface area contributed by atoms with E-state index < -0.39 is 0 Å². The van der Waals surface area contributed by atoms with Crippen LogP contribution in [0.1, 0.15) is 12.5 Å². The molecule has 0 aliphatic heterocycles. The smallest absolute Gasteiger partial charge is 0.324 e. The Bertz CT molecular complexity index is 1770. The van der Waals surface area contributed by atoms with E-state index in [1.165, 1.54) is 25.9 Å². The van der Waals surface area contributed by atoms with Crippen LogP contribution in [0.25, 0.3) is 27.5 Å². The zero-order valence-corrected chi connectivity index (χ0v) is 23.0. The Balaban J connectivity index is 1.53. The first kappa shape index (κ1) is 26.9. The van der Waals surface area contributed by atoms with E-state index in [2.05, 4.69) is 10.5 Å². The summed E-state index contributed by atoms with van der Waals surface area (Å²) in [6.45, 7) is 2.08. The first-order valence-corrected chi connectivity index (χ1v) is 12.7. The van der Waals surface area contributed by atoms with Crippen molar-refractivity contribution in [1.29, 1.82) is 0 Å². The Morgan fingerprint density at radius 1 is 1.00 bits per heavy atom. The number of ether oxygens (including phenoxy) is 4. The van der Waals surface area contributed by atoms with Gasteiger partial charge in [0.1, 0.15) is 5.52 Å². The normalized spacial score (nSPS) is 11.0. The average Bonchev–Trinajstić information content (AvgIpc) is 3.36. The zero-order valence-electron chi connectivity index (χ0n) is 22.2. The fourth-order valence-corrected chi connectivity index (χ4v) is 4.88. The summed E-state index contributed by atoms with van der Waals surface area (Å²) < 4.78 is 28.5. The number of anilines is 1. The van der Waals surface area contributed by atoms with Gasteiger partial charge in [0.25, 0.3) is 5.56 Å². The fraction of sp³-hybridized carbons (Fsp3) is 0.207. The van der Waals surface area contributed by atoms with Crippen LogP contribution in [0.2, 0.25) is 5.02 Å². The largest absolute Gasteiger partial charge is 0.493 e. The highest BCUT2D eigenvalue weighted by Gasteiger charge is 2.23. The molecular weight excluding hydrogens is 538 g/mol. The van der Waals surface area contributed by atoms with Crippen molar-refractivity contribution >= 4 is 45.0 Å². The van der Waals surface area contributed by atoms with E-state index in [4.69, 9.17) is 35.1 Å². The zero-order chi connectivity index (χ0) is 28.4. The van der Waals surface area contributed by atoms with Crippen LogP contribution in [0.15, 0.2) is 63.9 Å². The number of pyridine rings is 1. The average molecular weight is 564 g/mol. The van der Waals surface area contributed by atoms with E-state index in [0.29, 0.717) is 62.2 Å². The summed E-state index contributed by atoms with van der Waals surface area (Å²) in [5.41, 5.74) is 2.19. The summed E-state index contributed by atoms with van der Waals surface area (Å²) in [6.07, 6.45) is 0.0393. The lowest BCUT2D eigenvalue weighted by Crippen LogP contribution is -2.20. The Morgan fingerprint density at radius 3 is 2.40 bits per heavy atom. The number of halogens is 1. The van der Waals surface area contributed by atoms with Crippen LogP contribution in [-0.2, 0) is 11.2 Å². The van der Waals surface area contributed by atoms with Crippen molar-refractivity contribution in [2.24, 2.45) is 0 Å². The Morgan fingerprint density at radius 2 is 1.73 bits per heavy atom. The van der Waals surface area contributed by atoms with Crippen LogP contribution < -0.4 is 29.8 Å². The molecule has 5 rings (SSSR count).